The lowest BCUT2D eigenvalue weighted by Gasteiger charge is -2.12. The van der Waals surface area contributed by atoms with Gasteiger partial charge >= 0.3 is 0 Å². The Bertz CT molecular complexity index is 502. The standard InChI is InChI=1S/C15H20N2O2S/c1-12-17-14(11-20-12)7-16-8-15(18)10-19-9-13-5-3-2-4-6-13/h2-6,11,15-16,18H,7-10H2,1H3. The predicted molar refractivity (Wildman–Crippen MR) is 80.7 cm³/mol. The van der Waals surface area contributed by atoms with E-state index in [9.17, 15) is 5.11 Å². The summed E-state index contributed by atoms with van der Waals surface area (Å²) in [7, 11) is 0. The molecule has 0 spiro atoms. The summed E-state index contributed by atoms with van der Waals surface area (Å²) in [5.74, 6) is 0. The van der Waals surface area contributed by atoms with Crippen LogP contribution in [-0.2, 0) is 17.9 Å². The van der Waals surface area contributed by atoms with Gasteiger partial charge in [-0.2, -0.15) is 0 Å². The summed E-state index contributed by atoms with van der Waals surface area (Å²) in [6.07, 6.45) is -0.501. The number of aliphatic hydroxyl groups excluding tert-OH is 1. The van der Waals surface area contributed by atoms with Crippen molar-refractivity contribution in [3.8, 4) is 0 Å². The molecule has 0 fully saturated rings. The summed E-state index contributed by atoms with van der Waals surface area (Å²) in [5.41, 5.74) is 2.13. The van der Waals surface area contributed by atoms with E-state index in [2.05, 4.69) is 10.3 Å². The molecule has 1 aromatic carbocycles. The van der Waals surface area contributed by atoms with Crippen LogP contribution in [0.1, 0.15) is 16.3 Å². The van der Waals surface area contributed by atoms with E-state index in [1.165, 1.54) is 0 Å². The van der Waals surface area contributed by atoms with Gasteiger partial charge in [0, 0.05) is 18.5 Å². The number of aromatic nitrogens is 1. The third-order valence-electron chi connectivity index (χ3n) is 2.77. The molecule has 0 amide bonds. The Morgan fingerprint density at radius 2 is 2.15 bits per heavy atom. The highest BCUT2D eigenvalue weighted by Crippen LogP contribution is 2.07. The molecular weight excluding hydrogens is 272 g/mol. The Balaban J connectivity index is 1.57. The number of ether oxygens (including phenoxy) is 1. The van der Waals surface area contributed by atoms with Gasteiger partial charge in [0.25, 0.3) is 0 Å². The molecule has 2 aromatic rings. The molecule has 5 heteroatoms. The van der Waals surface area contributed by atoms with Crippen LogP contribution >= 0.6 is 11.3 Å². The van der Waals surface area contributed by atoms with Crippen LogP contribution in [0.4, 0.5) is 0 Å². The molecule has 0 aliphatic rings. The summed E-state index contributed by atoms with van der Waals surface area (Å²) in [6.45, 7) is 4.03. The number of benzene rings is 1. The number of aliphatic hydroxyl groups is 1. The van der Waals surface area contributed by atoms with Crippen LogP contribution in [0.25, 0.3) is 0 Å². The summed E-state index contributed by atoms with van der Waals surface area (Å²) in [5, 5.41) is 16.1. The first-order valence-electron chi connectivity index (χ1n) is 6.65. The molecule has 1 unspecified atom stereocenters. The largest absolute Gasteiger partial charge is 0.389 e. The lowest BCUT2D eigenvalue weighted by atomic mass is 10.2. The average molecular weight is 292 g/mol. The molecule has 2 rings (SSSR count). The Morgan fingerprint density at radius 1 is 1.35 bits per heavy atom. The van der Waals surface area contributed by atoms with E-state index in [0.717, 1.165) is 16.3 Å². The zero-order valence-electron chi connectivity index (χ0n) is 11.6. The van der Waals surface area contributed by atoms with Crippen molar-refractivity contribution in [2.24, 2.45) is 0 Å². The molecule has 0 radical (unpaired) electrons. The van der Waals surface area contributed by atoms with E-state index in [-0.39, 0.29) is 0 Å². The van der Waals surface area contributed by atoms with E-state index in [1.807, 2.05) is 42.6 Å². The smallest absolute Gasteiger partial charge is 0.0897 e. The van der Waals surface area contributed by atoms with Crippen LogP contribution in [0.5, 0.6) is 0 Å². The van der Waals surface area contributed by atoms with Crippen LogP contribution in [-0.4, -0.2) is 29.3 Å². The number of rotatable bonds is 8. The van der Waals surface area contributed by atoms with Gasteiger partial charge in [0.05, 0.1) is 30.0 Å². The second-order valence-electron chi connectivity index (χ2n) is 4.64. The molecule has 1 heterocycles. The minimum atomic E-state index is -0.501. The van der Waals surface area contributed by atoms with Gasteiger partial charge in [-0.3, -0.25) is 0 Å². The quantitative estimate of drug-likeness (QED) is 0.782. The molecule has 108 valence electrons. The summed E-state index contributed by atoms with van der Waals surface area (Å²) in [6, 6.07) is 9.95. The van der Waals surface area contributed by atoms with Crippen LogP contribution in [0.15, 0.2) is 35.7 Å². The number of nitrogens with zero attached hydrogens (tertiary/aromatic N) is 1. The maximum Gasteiger partial charge on any atom is 0.0897 e. The van der Waals surface area contributed by atoms with Gasteiger partial charge < -0.3 is 15.2 Å². The molecule has 4 nitrogen and oxygen atoms in total. The van der Waals surface area contributed by atoms with Gasteiger partial charge in [-0.1, -0.05) is 30.3 Å². The maximum absolute atomic E-state index is 9.81. The molecule has 1 atom stereocenters. The molecular formula is C15H20N2O2S. The Kier molecular flexibility index (Phi) is 6.14. The third-order valence-corrected chi connectivity index (χ3v) is 3.60. The molecule has 0 aliphatic heterocycles. The Hall–Kier alpha value is -1.27. The first-order chi connectivity index (χ1) is 9.74. The second-order valence-corrected chi connectivity index (χ2v) is 5.71. The highest BCUT2D eigenvalue weighted by atomic mass is 32.1. The Morgan fingerprint density at radius 3 is 2.85 bits per heavy atom. The van der Waals surface area contributed by atoms with Gasteiger partial charge in [-0.05, 0) is 12.5 Å². The first-order valence-corrected chi connectivity index (χ1v) is 7.53. The van der Waals surface area contributed by atoms with Crippen molar-refractivity contribution < 1.29 is 9.84 Å². The van der Waals surface area contributed by atoms with Crippen molar-refractivity contribution in [2.75, 3.05) is 13.2 Å². The van der Waals surface area contributed by atoms with Crippen molar-refractivity contribution in [3.05, 3.63) is 52.0 Å². The number of nitrogens with one attached hydrogen (secondary N) is 1. The SMILES string of the molecule is Cc1nc(CNCC(O)COCc2ccccc2)cs1. The molecule has 0 aliphatic carbocycles. The summed E-state index contributed by atoms with van der Waals surface area (Å²) >= 11 is 1.64. The minimum absolute atomic E-state index is 0.331. The molecule has 2 N–H and O–H groups in total. The van der Waals surface area contributed by atoms with Gasteiger partial charge in [0.2, 0.25) is 0 Å². The van der Waals surface area contributed by atoms with Crippen molar-refractivity contribution >= 4 is 11.3 Å². The summed E-state index contributed by atoms with van der Waals surface area (Å²) in [4.78, 5) is 4.35. The van der Waals surface area contributed by atoms with E-state index in [4.69, 9.17) is 4.74 Å². The van der Waals surface area contributed by atoms with Gasteiger partial charge in [0.1, 0.15) is 0 Å². The van der Waals surface area contributed by atoms with Crippen molar-refractivity contribution in [3.63, 3.8) is 0 Å². The molecule has 0 bridgehead atoms. The minimum Gasteiger partial charge on any atom is -0.389 e. The van der Waals surface area contributed by atoms with Crippen LogP contribution < -0.4 is 5.32 Å². The number of aryl methyl sites for hydroxylation is 1. The second kappa shape index (κ2) is 8.11. The fourth-order valence-corrected chi connectivity index (χ4v) is 2.41. The van der Waals surface area contributed by atoms with Crippen LogP contribution in [0.3, 0.4) is 0 Å². The van der Waals surface area contributed by atoms with E-state index in [1.54, 1.807) is 11.3 Å². The maximum atomic E-state index is 9.81. The predicted octanol–water partition coefficient (Wildman–Crippen LogP) is 2.12. The van der Waals surface area contributed by atoms with Crippen molar-refractivity contribution in [1.82, 2.24) is 10.3 Å². The van der Waals surface area contributed by atoms with E-state index < -0.39 is 6.10 Å². The summed E-state index contributed by atoms with van der Waals surface area (Å²) < 4.78 is 5.48. The van der Waals surface area contributed by atoms with E-state index in [0.29, 0.717) is 26.3 Å². The van der Waals surface area contributed by atoms with Gasteiger partial charge in [-0.15, -0.1) is 11.3 Å². The fourth-order valence-electron chi connectivity index (χ4n) is 1.80. The average Bonchev–Trinajstić information content (AvgIpc) is 2.86. The first kappa shape index (κ1) is 15.1. The van der Waals surface area contributed by atoms with Gasteiger partial charge in [0.15, 0.2) is 0 Å². The number of hydrogen-bond acceptors (Lipinski definition) is 5. The zero-order chi connectivity index (χ0) is 14.2. The fraction of sp³-hybridized carbons (Fsp3) is 0.400. The third kappa shape index (κ3) is 5.38. The normalized spacial score (nSPS) is 12.5. The molecule has 0 saturated carbocycles. The molecule has 0 saturated heterocycles. The molecule has 20 heavy (non-hydrogen) atoms. The zero-order valence-corrected chi connectivity index (χ0v) is 12.4. The number of thiazole rings is 1. The lowest BCUT2D eigenvalue weighted by molar-refractivity contribution is 0.0287. The monoisotopic (exact) mass is 292 g/mol. The van der Waals surface area contributed by atoms with Crippen molar-refractivity contribution in [2.45, 2.75) is 26.2 Å². The Labute approximate surface area is 123 Å². The lowest BCUT2D eigenvalue weighted by Crippen LogP contribution is -2.30. The van der Waals surface area contributed by atoms with Gasteiger partial charge in [-0.25, -0.2) is 4.98 Å². The van der Waals surface area contributed by atoms with Crippen LogP contribution in [0, 0.1) is 6.92 Å². The van der Waals surface area contributed by atoms with E-state index >= 15 is 0 Å². The highest BCUT2D eigenvalue weighted by Gasteiger charge is 2.05. The van der Waals surface area contributed by atoms with Crippen molar-refractivity contribution in [1.29, 1.82) is 0 Å². The number of hydrogen-bond donors (Lipinski definition) is 2. The molecule has 1 aromatic heterocycles. The topological polar surface area (TPSA) is 54.4 Å². The highest BCUT2D eigenvalue weighted by molar-refractivity contribution is 7.09. The van der Waals surface area contributed by atoms with Crippen LogP contribution in [0.2, 0.25) is 0 Å².